The fourth-order valence-electron chi connectivity index (χ4n) is 1.27. The molecule has 1 heterocycles. The predicted octanol–water partition coefficient (Wildman–Crippen LogP) is 1.19. The van der Waals surface area contributed by atoms with Crippen LogP contribution in [0.4, 0.5) is 5.69 Å². The lowest BCUT2D eigenvalue weighted by atomic mass is 10.3. The number of hydrogen-bond donors (Lipinski definition) is 0. The van der Waals surface area contributed by atoms with E-state index in [2.05, 4.69) is 9.72 Å². The van der Waals surface area contributed by atoms with E-state index < -0.39 is 10.9 Å². The van der Waals surface area contributed by atoms with Crippen LogP contribution in [0.5, 0.6) is 5.88 Å². The molecule has 0 radical (unpaired) electrons. The van der Waals surface area contributed by atoms with E-state index >= 15 is 0 Å². The van der Waals surface area contributed by atoms with Gasteiger partial charge in [0.2, 0.25) is 0 Å². The maximum atomic E-state index is 11.3. The standard InChI is InChI=1S/C11H14N2O6/c1-17-6-3-7-19-10-9(13(15)16)5-4-8(12-10)11(14)18-2/h4-5H,3,6-7H2,1-2H3. The molecule has 0 saturated heterocycles. The smallest absolute Gasteiger partial charge is 0.356 e. The second-order valence-electron chi connectivity index (χ2n) is 3.46. The largest absolute Gasteiger partial charge is 0.473 e. The fraction of sp³-hybridized carbons (Fsp3) is 0.455. The van der Waals surface area contributed by atoms with Gasteiger partial charge in [-0.1, -0.05) is 0 Å². The van der Waals surface area contributed by atoms with E-state index in [9.17, 15) is 14.9 Å². The van der Waals surface area contributed by atoms with Gasteiger partial charge in [0.15, 0.2) is 5.69 Å². The summed E-state index contributed by atoms with van der Waals surface area (Å²) in [6, 6.07) is 2.37. The minimum atomic E-state index is -0.684. The van der Waals surface area contributed by atoms with Crippen molar-refractivity contribution in [2.24, 2.45) is 0 Å². The van der Waals surface area contributed by atoms with Crippen LogP contribution < -0.4 is 4.74 Å². The number of rotatable bonds is 7. The Morgan fingerprint density at radius 2 is 2.11 bits per heavy atom. The molecular weight excluding hydrogens is 256 g/mol. The Bertz CT molecular complexity index is 462. The summed E-state index contributed by atoms with van der Waals surface area (Å²) in [6.07, 6.45) is 0.553. The third-order valence-corrected chi connectivity index (χ3v) is 2.16. The summed E-state index contributed by atoms with van der Waals surface area (Å²) in [4.78, 5) is 25.3. The molecule has 0 aliphatic rings. The average molecular weight is 270 g/mol. The molecule has 1 rings (SSSR count). The van der Waals surface area contributed by atoms with Crippen LogP contribution in [0, 0.1) is 10.1 Å². The number of pyridine rings is 1. The maximum Gasteiger partial charge on any atom is 0.356 e. The lowest BCUT2D eigenvalue weighted by Gasteiger charge is -2.06. The van der Waals surface area contributed by atoms with Crippen LogP contribution in [-0.2, 0) is 9.47 Å². The molecule has 0 saturated carbocycles. The van der Waals surface area contributed by atoms with Gasteiger partial charge in [-0.15, -0.1) is 0 Å². The van der Waals surface area contributed by atoms with Crippen molar-refractivity contribution in [3.63, 3.8) is 0 Å². The number of methoxy groups -OCH3 is 2. The number of esters is 1. The maximum absolute atomic E-state index is 11.3. The van der Waals surface area contributed by atoms with Crippen LogP contribution in [0.2, 0.25) is 0 Å². The highest BCUT2D eigenvalue weighted by molar-refractivity contribution is 5.87. The Kier molecular flexibility index (Phi) is 5.68. The fourth-order valence-corrected chi connectivity index (χ4v) is 1.27. The van der Waals surface area contributed by atoms with Gasteiger partial charge in [-0.05, 0) is 6.07 Å². The Hall–Kier alpha value is -2.22. The lowest BCUT2D eigenvalue weighted by molar-refractivity contribution is -0.386. The molecule has 0 spiro atoms. The van der Waals surface area contributed by atoms with E-state index in [1.807, 2.05) is 0 Å². The molecule has 0 bridgehead atoms. The van der Waals surface area contributed by atoms with E-state index in [4.69, 9.17) is 9.47 Å². The lowest BCUT2D eigenvalue weighted by Crippen LogP contribution is -2.09. The van der Waals surface area contributed by atoms with Gasteiger partial charge in [0, 0.05) is 26.2 Å². The quantitative estimate of drug-likeness (QED) is 0.317. The Morgan fingerprint density at radius 1 is 1.37 bits per heavy atom. The summed E-state index contributed by atoms with van der Waals surface area (Å²) in [5.41, 5.74) is -0.347. The molecule has 8 nitrogen and oxygen atoms in total. The van der Waals surface area contributed by atoms with Crippen molar-refractivity contribution < 1.29 is 23.9 Å². The number of carbonyl (C=O) groups excluding carboxylic acids is 1. The first-order valence-electron chi connectivity index (χ1n) is 5.45. The van der Waals surface area contributed by atoms with Crippen LogP contribution in [-0.4, -0.2) is 43.3 Å². The van der Waals surface area contributed by atoms with Gasteiger partial charge >= 0.3 is 11.7 Å². The number of ether oxygens (including phenoxy) is 3. The topological polar surface area (TPSA) is 101 Å². The molecule has 0 aromatic carbocycles. The second kappa shape index (κ2) is 7.27. The highest BCUT2D eigenvalue weighted by atomic mass is 16.6. The molecule has 0 fully saturated rings. The number of hydrogen-bond acceptors (Lipinski definition) is 7. The molecule has 0 amide bonds. The third kappa shape index (κ3) is 4.18. The van der Waals surface area contributed by atoms with Crippen molar-refractivity contribution in [1.82, 2.24) is 4.98 Å². The van der Waals surface area contributed by atoms with E-state index in [1.54, 1.807) is 7.11 Å². The molecular formula is C11H14N2O6. The summed E-state index contributed by atoms with van der Waals surface area (Å²) < 4.78 is 14.5. The Morgan fingerprint density at radius 3 is 2.68 bits per heavy atom. The summed E-state index contributed by atoms with van der Waals surface area (Å²) in [5, 5.41) is 10.8. The zero-order valence-corrected chi connectivity index (χ0v) is 10.6. The molecule has 0 atom stereocenters. The van der Waals surface area contributed by atoms with Gasteiger partial charge in [0.05, 0.1) is 18.6 Å². The zero-order valence-electron chi connectivity index (χ0n) is 10.6. The van der Waals surface area contributed by atoms with Gasteiger partial charge in [0.1, 0.15) is 0 Å². The highest BCUT2D eigenvalue weighted by Gasteiger charge is 2.20. The number of aromatic nitrogens is 1. The van der Waals surface area contributed by atoms with Crippen molar-refractivity contribution >= 4 is 11.7 Å². The van der Waals surface area contributed by atoms with Crippen LogP contribution in [0.1, 0.15) is 16.9 Å². The van der Waals surface area contributed by atoms with Crippen molar-refractivity contribution in [2.75, 3.05) is 27.4 Å². The molecule has 0 N–H and O–H groups in total. The molecule has 0 aliphatic heterocycles. The number of carbonyl (C=O) groups is 1. The minimum Gasteiger partial charge on any atom is -0.473 e. The number of nitrogens with zero attached hydrogens (tertiary/aromatic N) is 2. The average Bonchev–Trinajstić information content (AvgIpc) is 2.42. The Labute approximate surface area is 109 Å². The zero-order chi connectivity index (χ0) is 14.3. The molecule has 19 heavy (non-hydrogen) atoms. The molecule has 0 unspecified atom stereocenters. The molecule has 1 aromatic rings. The van der Waals surface area contributed by atoms with Crippen molar-refractivity contribution in [3.05, 3.63) is 27.9 Å². The van der Waals surface area contributed by atoms with E-state index in [0.29, 0.717) is 13.0 Å². The van der Waals surface area contributed by atoms with Gasteiger partial charge < -0.3 is 14.2 Å². The predicted molar refractivity (Wildman–Crippen MR) is 64.2 cm³/mol. The molecule has 8 heteroatoms. The van der Waals surface area contributed by atoms with Gasteiger partial charge in [-0.2, -0.15) is 0 Å². The monoisotopic (exact) mass is 270 g/mol. The normalized spacial score (nSPS) is 10.0. The molecule has 104 valence electrons. The molecule has 1 aromatic heterocycles. The minimum absolute atomic E-state index is 0.0464. The summed E-state index contributed by atoms with van der Waals surface area (Å²) in [6.45, 7) is 0.663. The van der Waals surface area contributed by atoms with Gasteiger partial charge in [-0.3, -0.25) is 10.1 Å². The molecule has 0 aliphatic carbocycles. The Balaban J connectivity index is 2.89. The van der Waals surface area contributed by atoms with Crippen molar-refractivity contribution in [3.8, 4) is 5.88 Å². The van der Waals surface area contributed by atoms with Crippen LogP contribution in [0.15, 0.2) is 12.1 Å². The third-order valence-electron chi connectivity index (χ3n) is 2.16. The van der Waals surface area contributed by atoms with E-state index in [1.165, 1.54) is 13.2 Å². The van der Waals surface area contributed by atoms with E-state index in [-0.39, 0.29) is 23.9 Å². The second-order valence-corrected chi connectivity index (χ2v) is 3.46. The SMILES string of the molecule is COCCCOc1nc(C(=O)OC)ccc1[N+](=O)[O-]. The summed E-state index contributed by atoms with van der Waals surface area (Å²) in [7, 11) is 2.74. The van der Waals surface area contributed by atoms with Crippen LogP contribution in [0.25, 0.3) is 0 Å². The van der Waals surface area contributed by atoms with Crippen LogP contribution in [0.3, 0.4) is 0 Å². The highest BCUT2D eigenvalue weighted by Crippen LogP contribution is 2.24. The van der Waals surface area contributed by atoms with Crippen LogP contribution >= 0.6 is 0 Å². The van der Waals surface area contributed by atoms with Crippen molar-refractivity contribution in [1.29, 1.82) is 0 Å². The first-order valence-corrected chi connectivity index (χ1v) is 5.45. The first kappa shape index (κ1) is 14.8. The summed E-state index contributed by atoms with van der Waals surface area (Å²) in [5.74, 6) is -0.888. The summed E-state index contributed by atoms with van der Waals surface area (Å²) >= 11 is 0. The first-order chi connectivity index (χ1) is 9.10. The van der Waals surface area contributed by atoms with Gasteiger partial charge in [-0.25, -0.2) is 9.78 Å². The van der Waals surface area contributed by atoms with Gasteiger partial charge in [0.25, 0.3) is 5.88 Å². The van der Waals surface area contributed by atoms with E-state index in [0.717, 1.165) is 6.07 Å². The number of nitro groups is 1. The van der Waals surface area contributed by atoms with Crippen molar-refractivity contribution in [2.45, 2.75) is 6.42 Å².